The van der Waals surface area contributed by atoms with Crippen molar-refractivity contribution in [3.8, 4) is 0 Å². The fourth-order valence-electron chi connectivity index (χ4n) is 3.20. The Morgan fingerprint density at radius 2 is 1.62 bits per heavy atom. The minimum atomic E-state index is -1.04. The molecule has 1 amide bonds. The van der Waals surface area contributed by atoms with Gasteiger partial charge in [-0.1, -0.05) is 0 Å². The second-order valence-electron chi connectivity index (χ2n) is 6.74. The van der Waals surface area contributed by atoms with Crippen molar-refractivity contribution in [3.05, 3.63) is 72.2 Å². The number of anilines is 4. The number of hydrogen-bond acceptors (Lipinski definition) is 5. The van der Waals surface area contributed by atoms with Gasteiger partial charge in [-0.25, -0.2) is 18.7 Å². The molecule has 1 aliphatic rings. The lowest BCUT2D eigenvalue weighted by Gasteiger charge is -2.17. The second kappa shape index (κ2) is 8.22. The molecule has 0 unspecified atom stereocenters. The zero-order valence-electron chi connectivity index (χ0n) is 15.5. The highest BCUT2D eigenvalue weighted by Gasteiger charge is 2.13. The quantitative estimate of drug-likeness (QED) is 0.672. The van der Waals surface area contributed by atoms with Crippen molar-refractivity contribution in [2.24, 2.45) is 0 Å². The molecule has 0 saturated carbocycles. The van der Waals surface area contributed by atoms with E-state index in [1.165, 1.54) is 37.0 Å². The summed E-state index contributed by atoms with van der Waals surface area (Å²) in [5, 5.41) is 5.63. The van der Waals surface area contributed by atoms with Crippen molar-refractivity contribution in [1.82, 2.24) is 9.97 Å². The molecule has 8 heteroatoms. The summed E-state index contributed by atoms with van der Waals surface area (Å²) in [6, 6.07) is 12.6. The van der Waals surface area contributed by atoms with Gasteiger partial charge < -0.3 is 15.5 Å². The minimum absolute atomic E-state index is 0.0981. The first-order chi connectivity index (χ1) is 14.1. The second-order valence-corrected chi connectivity index (χ2v) is 6.74. The van der Waals surface area contributed by atoms with E-state index in [4.69, 9.17) is 0 Å². The summed E-state index contributed by atoms with van der Waals surface area (Å²) < 4.78 is 26.3. The number of aromatic nitrogens is 2. The van der Waals surface area contributed by atoms with Crippen molar-refractivity contribution < 1.29 is 13.6 Å². The fraction of sp³-hybridized carbons (Fsp3) is 0.190. The Hall–Kier alpha value is -3.55. The van der Waals surface area contributed by atoms with Gasteiger partial charge in [0.2, 0.25) is 0 Å². The van der Waals surface area contributed by atoms with Crippen LogP contribution in [-0.4, -0.2) is 29.0 Å². The van der Waals surface area contributed by atoms with Crippen LogP contribution in [0.15, 0.2) is 54.9 Å². The van der Waals surface area contributed by atoms with Gasteiger partial charge in [-0.2, -0.15) is 0 Å². The van der Waals surface area contributed by atoms with Crippen LogP contribution in [0.3, 0.4) is 0 Å². The summed E-state index contributed by atoms with van der Waals surface area (Å²) >= 11 is 0. The van der Waals surface area contributed by atoms with Crippen LogP contribution in [0.4, 0.5) is 31.7 Å². The zero-order valence-corrected chi connectivity index (χ0v) is 15.5. The molecule has 4 rings (SSSR count). The van der Waals surface area contributed by atoms with E-state index >= 15 is 0 Å². The van der Waals surface area contributed by atoms with Gasteiger partial charge >= 0.3 is 0 Å². The molecule has 1 fully saturated rings. The summed E-state index contributed by atoms with van der Waals surface area (Å²) in [5.74, 6) is -2.12. The van der Waals surface area contributed by atoms with Gasteiger partial charge in [-0.3, -0.25) is 4.79 Å². The lowest BCUT2D eigenvalue weighted by molar-refractivity contribution is 0.102. The molecule has 2 heterocycles. The van der Waals surface area contributed by atoms with Crippen LogP contribution in [0.5, 0.6) is 0 Å². The van der Waals surface area contributed by atoms with Crippen molar-refractivity contribution >= 4 is 28.8 Å². The van der Waals surface area contributed by atoms with Gasteiger partial charge in [0.1, 0.15) is 17.8 Å². The third kappa shape index (κ3) is 4.48. The molecule has 0 atom stereocenters. The molecule has 2 N–H and O–H groups in total. The molecule has 0 spiro atoms. The summed E-state index contributed by atoms with van der Waals surface area (Å²) in [5.41, 5.74) is 2.25. The van der Waals surface area contributed by atoms with Crippen LogP contribution in [0, 0.1) is 11.6 Å². The maximum atomic E-state index is 13.3. The number of benzene rings is 2. The molecule has 1 saturated heterocycles. The number of hydrogen-bond donors (Lipinski definition) is 2. The number of carbonyl (C=O) groups excluding carboxylic acids is 1. The lowest BCUT2D eigenvalue weighted by Crippen LogP contribution is -2.17. The Morgan fingerprint density at radius 3 is 2.34 bits per heavy atom. The van der Waals surface area contributed by atoms with Crippen molar-refractivity contribution in [2.45, 2.75) is 12.8 Å². The van der Waals surface area contributed by atoms with E-state index in [9.17, 15) is 13.6 Å². The molecule has 6 nitrogen and oxygen atoms in total. The van der Waals surface area contributed by atoms with Crippen LogP contribution in [0.1, 0.15) is 23.3 Å². The maximum Gasteiger partial charge on any atom is 0.274 e. The Bertz CT molecular complexity index is 1020. The third-order valence-corrected chi connectivity index (χ3v) is 4.69. The monoisotopic (exact) mass is 395 g/mol. The Kier molecular flexibility index (Phi) is 5.33. The summed E-state index contributed by atoms with van der Waals surface area (Å²) in [7, 11) is 0. The lowest BCUT2D eigenvalue weighted by atomic mass is 10.2. The largest absolute Gasteiger partial charge is 0.372 e. The SMILES string of the molecule is O=C(Nc1ccc(F)c(F)c1)c1cc(Nc2ccc(N3CCCC3)cc2)ncn1. The Balaban J connectivity index is 1.43. The number of nitrogens with one attached hydrogen (secondary N) is 2. The molecule has 1 aromatic heterocycles. The average molecular weight is 395 g/mol. The van der Waals surface area contributed by atoms with Crippen molar-refractivity contribution in [1.29, 1.82) is 0 Å². The first-order valence-corrected chi connectivity index (χ1v) is 9.29. The molecule has 0 bridgehead atoms. The van der Waals surface area contributed by atoms with E-state index in [1.54, 1.807) is 0 Å². The van der Waals surface area contributed by atoms with Crippen LogP contribution < -0.4 is 15.5 Å². The summed E-state index contributed by atoms with van der Waals surface area (Å²) in [4.78, 5) is 22.8. The molecule has 148 valence electrons. The summed E-state index contributed by atoms with van der Waals surface area (Å²) in [6.45, 7) is 2.16. The van der Waals surface area contributed by atoms with Gasteiger partial charge in [0, 0.05) is 42.3 Å². The molecular formula is C21H19F2N5O. The minimum Gasteiger partial charge on any atom is -0.372 e. The number of amides is 1. The Morgan fingerprint density at radius 1 is 0.897 bits per heavy atom. The van der Waals surface area contributed by atoms with Crippen LogP contribution >= 0.6 is 0 Å². The van der Waals surface area contributed by atoms with E-state index in [0.29, 0.717) is 5.82 Å². The zero-order chi connectivity index (χ0) is 20.2. The third-order valence-electron chi connectivity index (χ3n) is 4.69. The van der Waals surface area contributed by atoms with Gasteiger partial charge in [0.05, 0.1) is 0 Å². The van der Waals surface area contributed by atoms with E-state index in [1.807, 2.05) is 24.3 Å². The van der Waals surface area contributed by atoms with E-state index in [0.717, 1.165) is 30.9 Å². The standard InChI is InChI=1S/C21H19F2N5O/c22-17-8-5-15(11-18(17)23)27-21(29)19-12-20(25-13-24-19)26-14-3-6-16(7-4-14)28-9-1-2-10-28/h3-8,11-13H,1-2,9-10H2,(H,27,29)(H,24,25,26). The number of rotatable bonds is 5. The van der Waals surface area contributed by atoms with Crippen LogP contribution in [0.25, 0.3) is 0 Å². The fourth-order valence-corrected chi connectivity index (χ4v) is 3.20. The van der Waals surface area contributed by atoms with Crippen molar-refractivity contribution in [3.63, 3.8) is 0 Å². The topological polar surface area (TPSA) is 70.2 Å². The normalized spacial score (nSPS) is 13.4. The van der Waals surface area contributed by atoms with E-state index in [2.05, 4.69) is 25.5 Å². The molecule has 29 heavy (non-hydrogen) atoms. The number of nitrogens with zero attached hydrogens (tertiary/aromatic N) is 3. The molecule has 1 aliphatic heterocycles. The smallest absolute Gasteiger partial charge is 0.274 e. The molecule has 0 radical (unpaired) electrons. The van der Waals surface area contributed by atoms with Gasteiger partial charge in [0.15, 0.2) is 11.6 Å². The molecule has 2 aromatic carbocycles. The maximum absolute atomic E-state index is 13.3. The van der Waals surface area contributed by atoms with Gasteiger partial charge in [0.25, 0.3) is 5.91 Å². The Labute approximate surface area is 166 Å². The van der Waals surface area contributed by atoms with Crippen LogP contribution in [0.2, 0.25) is 0 Å². The average Bonchev–Trinajstić information content (AvgIpc) is 3.26. The highest BCUT2D eigenvalue weighted by molar-refractivity contribution is 6.03. The van der Waals surface area contributed by atoms with Gasteiger partial charge in [-0.15, -0.1) is 0 Å². The van der Waals surface area contributed by atoms with Crippen molar-refractivity contribution in [2.75, 3.05) is 28.6 Å². The molecule has 3 aromatic rings. The predicted molar refractivity (Wildman–Crippen MR) is 108 cm³/mol. The molecular weight excluding hydrogens is 376 g/mol. The highest BCUT2D eigenvalue weighted by atomic mass is 19.2. The van der Waals surface area contributed by atoms with E-state index in [-0.39, 0.29) is 11.4 Å². The number of halogens is 2. The van der Waals surface area contributed by atoms with Gasteiger partial charge in [-0.05, 0) is 49.2 Å². The number of carbonyl (C=O) groups is 1. The predicted octanol–water partition coefficient (Wildman–Crippen LogP) is 4.35. The highest BCUT2D eigenvalue weighted by Crippen LogP contribution is 2.23. The van der Waals surface area contributed by atoms with E-state index < -0.39 is 17.5 Å². The molecule has 0 aliphatic carbocycles. The summed E-state index contributed by atoms with van der Waals surface area (Å²) in [6.07, 6.45) is 3.70. The first kappa shape index (κ1) is 18.8. The van der Waals surface area contributed by atoms with Crippen LogP contribution in [-0.2, 0) is 0 Å². The first-order valence-electron chi connectivity index (χ1n) is 9.29.